The number of fused-ring (bicyclic) bond motifs is 1. The Morgan fingerprint density at radius 3 is 2.68 bits per heavy atom. The Morgan fingerprint density at radius 2 is 1.90 bits per heavy atom. The Kier molecular flexibility index (Phi) is 5.60. The molecule has 3 amide bonds. The van der Waals surface area contributed by atoms with Gasteiger partial charge in [0.15, 0.2) is 0 Å². The minimum Gasteiger partial charge on any atom is -0.333 e. The number of carbonyl (C=O) groups is 3. The molecule has 1 aliphatic heterocycles. The van der Waals surface area contributed by atoms with Gasteiger partial charge in [-0.25, -0.2) is 0 Å². The number of nitrogens with zero attached hydrogens (tertiary/aromatic N) is 3. The van der Waals surface area contributed by atoms with E-state index in [-0.39, 0.29) is 18.0 Å². The van der Waals surface area contributed by atoms with Gasteiger partial charge >= 0.3 is 0 Å². The van der Waals surface area contributed by atoms with E-state index in [4.69, 9.17) is 5.26 Å². The zero-order chi connectivity index (χ0) is 22.0. The molecule has 2 aromatic carbocycles. The molecule has 1 N–H and O–H groups in total. The number of thioether (sulfide) groups is 1. The van der Waals surface area contributed by atoms with E-state index in [1.807, 2.05) is 43.3 Å². The van der Waals surface area contributed by atoms with E-state index in [0.717, 1.165) is 38.7 Å². The molecule has 0 radical (unpaired) electrons. The van der Waals surface area contributed by atoms with Crippen LogP contribution >= 0.6 is 11.8 Å². The predicted octanol–water partition coefficient (Wildman–Crippen LogP) is 4.15. The summed E-state index contributed by atoms with van der Waals surface area (Å²) in [6.07, 6.45) is 3.42. The van der Waals surface area contributed by atoms with E-state index < -0.39 is 17.1 Å². The monoisotopic (exact) mass is 430 g/mol. The highest BCUT2D eigenvalue weighted by Gasteiger charge is 2.36. The lowest BCUT2D eigenvalue weighted by Crippen LogP contribution is -2.36. The normalized spacial score (nSPS) is 15.0. The van der Waals surface area contributed by atoms with Crippen LogP contribution in [0.3, 0.4) is 0 Å². The number of nitrogens with one attached hydrogen (secondary N) is 1. The number of hydrogen-bond acceptors (Lipinski definition) is 5. The quantitative estimate of drug-likeness (QED) is 0.614. The van der Waals surface area contributed by atoms with Gasteiger partial charge in [-0.05, 0) is 42.5 Å². The summed E-state index contributed by atoms with van der Waals surface area (Å²) in [7, 11) is 0. The van der Waals surface area contributed by atoms with Crippen molar-refractivity contribution in [3.63, 3.8) is 0 Å². The number of carbonyl (C=O) groups excluding carboxylic acids is 3. The Bertz CT molecular complexity index is 1290. The van der Waals surface area contributed by atoms with Crippen LogP contribution in [-0.4, -0.2) is 33.1 Å². The fraction of sp³-hybridized carbons (Fsp3) is 0.130. The molecule has 154 valence electrons. The molecule has 0 spiro atoms. The SMILES string of the molecule is Cc1ccccc1NC(=O)CN1C(=O)SC(=Cc2cn(CC#N)c3ccccc23)C1=O. The van der Waals surface area contributed by atoms with E-state index >= 15 is 0 Å². The molecule has 3 aromatic rings. The third kappa shape index (κ3) is 4.09. The van der Waals surface area contributed by atoms with Crippen molar-refractivity contribution in [2.75, 3.05) is 11.9 Å². The van der Waals surface area contributed by atoms with E-state index in [9.17, 15) is 14.4 Å². The van der Waals surface area contributed by atoms with E-state index in [1.165, 1.54) is 0 Å². The summed E-state index contributed by atoms with van der Waals surface area (Å²) in [5.74, 6) is -0.949. The number of nitriles is 1. The summed E-state index contributed by atoms with van der Waals surface area (Å²) in [6.45, 7) is 1.68. The van der Waals surface area contributed by atoms with E-state index in [2.05, 4.69) is 11.4 Å². The minimum absolute atomic E-state index is 0.176. The van der Waals surface area contributed by atoms with Crippen LogP contribution in [0, 0.1) is 18.3 Å². The molecule has 0 saturated carbocycles. The average molecular weight is 430 g/mol. The molecular formula is C23H18N4O3S. The molecule has 4 rings (SSSR count). The minimum atomic E-state index is -0.507. The molecular weight excluding hydrogens is 412 g/mol. The largest absolute Gasteiger partial charge is 0.333 e. The molecule has 1 aliphatic rings. The number of aromatic nitrogens is 1. The summed E-state index contributed by atoms with van der Waals surface area (Å²) in [5.41, 5.74) is 3.13. The zero-order valence-electron chi connectivity index (χ0n) is 16.7. The van der Waals surface area contributed by atoms with Crippen LogP contribution in [-0.2, 0) is 16.1 Å². The summed E-state index contributed by atoms with van der Waals surface area (Å²) in [5, 5.41) is 12.2. The first-order chi connectivity index (χ1) is 15.0. The van der Waals surface area contributed by atoms with Crippen molar-refractivity contribution in [2.24, 2.45) is 0 Å². The second-order valence-corrected chi connectivity index (χ2v) is 8.01. The van der Waals surface area contributed by atoms with Gasteiger partial charge in [0.05, 0.1) is 11.0 Å². The zero-order valence-corrected chi connectivity index (χ0v) is 17.5. The number of anilines is 1. The van der Waals surface area contributed by atoms with Gasteiger partial charge in [-0.2, -0.15) is 5.26 Å². The van der Waals surface area contributed by atoms with Crippen molar-refractivity contribution in [1.29, 1.82) is 5.26 Å². The molecule has 0 atom stereocenters. The lowest BCUT2D eigenvalue weighted by molar-refractivity contribution is -0.127. The molecule has 1 saturated heterocycles. The Balaban J connectivity index is 1.55. The van der Waals surface area contributed by atoms with E-state index in [0.29, 0.717) is 5.69 Å². The highest BCUT2D eigenvalue weighted by atomic mass is 32.2. The summed E-state index contributed by atoms with van der Waals surface area (Å²) >= 11 is 0.804. The van der Waals surface area contributed by atoms with Crippen molar-refractivity contribution >= 4 is 51.5 Å². The lowest BCUT2D eigenvalue weighted by Gasteiger charge is -2.13. The van der Waals surface area contributed by atoms with Crippen molar-refractivity contribution < 1.29 is 14.4 Å². The van der Waals surface area contributed by atoms with Gasteiger partial charge in [0.1, 0.15) is 13.1 Å². The first kappa shape index (κ1) is 20.4. The Labute approximate surface area is 182 Å². The molecule has 2 heterocycles. The van der Waals surface area contributed by atoms with Crippen molar-refractivity contribution in [3.8, 4) is 6.07 Å². The molecule has 7 nitrogen and oxygen atoms in total. The van der Waals surface area contributed by atoms with Crippen LogP contribution in [0.2, 0.25) is 0 Å². The number of hydrogen-bond donors (Lipinski definition) is 1. The molecule has 1 fully saturated rings. The lowest BCUT2D eigenvalue weighted by atomic mass is 10.1. The van der Waals surface area contributed by atoms with Crippen LogP contribution in [0.15, 0.2) is 59.6 Å². The second kappa shape index (κ2) is 8.50. The maximum absolute atomic E-state index is 12.8. The fourth-order valence-corrected chi connectivity index (χ4v) is 4.25. The molecule has 0 unspecified atom stereocenters. The first-order valence-electron chi connectivity index (χ1n) is 9.53. The van der Waals surface area contributed by atoms with Crippen LogP contribution in [0.25, 0.3) is 17.0 Å². The smallest absolute Gasteiger partial charge is 0.294 e. The number of benzene rings is 2. The van der Waals surface area contributed by atoms with Crippen LogP contribution in [0.5, 0.6) is 0 Å². The average Bonchev–Trinajstić information content (AvgIpc) is 3.22. The topological polar surface area (TPSA) is 95.2 Å². The van der Waals surface area contributed by atoms with Crippen LogP contribution < -0.4 is 5.32 Å². The predicted molar refractivity (Wildman–Crippen MR) is 120 cm³/mol. The number of imide groups is 1. The maximum Gasteiger partial charge on any atom is 0.294 e. The number of rotatable bonds is 5. The van der Waals surface area contributed by atoms with Gasteiger partial charge < -0.3 is 9.88 Å². The Hall–Kier alpha value is -3.83. The van der Waals surface area contributed by atoms with Crippen LogP contribution in [0.1, 0.15) is 11.1 Å². The van der Waals surface area contributed by atoms with Gasteiger partial charge in [0, 0.05) is 28.4 Å². The van der Waals surface area contributed by atoms with Crippen LogP contribution in [0.4, 0.5) is 10.5 Å². The van der Waals surface area contributed by atoms with Gasteiger partial charge in [-0.15, -0.1) is 0 Å². The fourth-order valence-electron chi connectivity index (χ4n) is 3.42. The van der Waals surface area contributed by atoms with Crippen molar-refractivity contribution in [2.45, 2.75) is 13.5 Å². The molecule has 1 aromatic heterocycles. The first-order valence-corrected chi connectivity index (χ1v) is 10.4. The van der Waals surface area contributed by atoms with Gasteiger partial charge in [0.25, 0.3) is 11.1 Å². The number of para-hydroxylation sites is 2. The highest BCUT2D eigenvalue weighted by Crippen LogP contribution is 2.34. The summed E-state index contributed by atoms with van der Waals surface area (Å²) in [6, 6.07) is 16.9. The molecule has 0 bridgehead atoms. The van der Waals surface area contributed by atoms with Gasteiger partial charge in [-0.1, -0.05) is 36.4 Å². The van der Waals surface area contributed by atoms with Crippen molar-refractivity contribution in [1.82, 2.24) is 9.47 Å². The summed E-state index contributed by atoms with van der Waals surface area (Å²) in [4.78, 5) is 38.8. The van der Waals surface area contributed by atoms with Gasteiger partial charge in [-0.3, -0.25) is 19.3 Å². The number of aryl methyl sites for hydroxylation is 1. The highest BCUT2D eigenvalue weighted by molar-refractivity contribution is 8.18. The second-order valence-electron chi connectivity index (χ2n) is 7.02. The van der Waals surface area contributed by atoms with Crippen molar-refractivity contribution in [3.05, 3.63) is 70.8 Å². The van der Waals surface area contributed by atoms with Gasteiger partial charge in [0.2, 0.25) is 5.91 Å². The molecule has 0 aliphatic carbocycles. The number of amides is 3. The standard InChI is InChI=1S/C23H18N4O3S/c1-15-6-2-4-8-18(15)25-21(28)14-27-22(29)20(31-23(27)30)12-16-13-26(11-10-24)19-9-5-3-7-17(16)19/h2-9,12-13H,11,14H2,1H3,(H,25,28). The maximum atomic E-state index is 12.8. The summed E-state index contributed by atoms with van der Waals surface area (Å²) < 4.78 is 1.79. The third-order valence-electron chi connectivity index (χ3n) is 4.94. The van der Waals surface area contributed by atoms with E-state index in [1.54, 1.807) is 29.0 Å². The Morgan fingerprint density at radius 1 is 1.16 bits per heavy atom. The third-order valence-corrected chi connectivity index (χ3v) is 5.85. The molecule has 31 heavy (non-hydrogen) atoms. The molecule has 8 heteroatoms.